The normalized spacial score (nSPS) is 20.2. The van der Waals surface area contributed by atoms with Gasteiger partial charge in [0.25, 0.3) is 5.91 Å². The van der Waals surface area contributed by atoms with Gasteiger partial charge in [-0.2, -0.15) is 5.10 Å². The van der Waals surface area contributed by atoms with Gasteiger partial charge in [0.1, 0.15) is 18.3 Å². The van der Waals surface area contributed by atoms with E-state index < -0.39 is 0 Å². The molecule has 0 bridgehead atoms. The predicted octanol–water partition coefficient (Wildman–Crippen LogP) is 1.31. The second-order valence-corrected chi connectivity index (χ2v) is 7.85. The van der Waals surface area contributed by atoms with Gasteiger partial charge in [-0.1, -0.05) is 0 Å². The summed E-state index contributed by atoms with van der Waals surface area (Å²) in [5, 5.41) is 10.5. The van der Waals surface area contributed by atoms with E-state index in [0.29, 0.717) is 6.54 Å². The Morgan fingerprint density at radius 1 is 1.52 bits per heavy atom. The standard InChI is InChI=1S/C17H23N5O2S/c1-12(9-22-11-19-10-20-22)21-16(23)14-8-13-2-7-24-17(15(13)25-14)3-5-18-6-4-17/h8,10-12,18H,2-7,9H2,1H3,(H,21,23). The highest BCUT2D eigenvalue weighted by molar-refractivity contribution is 7.14. The van der Waals surface area contributed by atoms with Crippen molar-refractivity contribution in [3.8, 4) is 0 Å². The van der Waals surface area contributed by atoms with Crippen molar-refractivity contribution >= 4 is 17.2 Å². The van der Waals surface area contributed by atoms with Crippen LogP contribution in [0.5, 0.6) is 0 Å². The van der Waals surface area contributed by atoms with Gasteiger partial charge in [-0.3, -0.25) is 9.48 Å². The summed E-state index contributed by atoms with van der Waals surface area (Å²) in [5.74, 6) is -0.0175. The number of thiophene rings is 1. The van der Waals surface area contributed by atoms with Crippen LogP contribution in [0.1, 0.15) is 39.9 Å². The van der Waals surface area contributed by atoms with Crippen LogP contribution < -0.4 is 10.6 Å². The number of ether oxygens (including phenoxy) is 1. The molecule has 1 atom stereocenters. The van der Waals surface area contributed by atoms with E-state index >= 15 is 0 Å². The molecule has 2 aliphatic rings. The molecule has 0 aromatic carbocycles. The van der Waals surface area contributed by atoms with Gasteiger partial charge in [0.15, 0.2) is 0 Å². The number of piperidine rings is 1. The number of aromatic nitrogens is 3. The summed E-state index contributed by atoms with van der Waals surface area (Å²) in [4.78, 5) is 18.6. The Morgan fingerprint density at radius 3 is 3.12 bits per heavy atom. The molecule has 2 aromatic heterocycles. The van der Waals surface area contributed by atoms with Gasteiger partial charge in [0, 0.05) is 10.9 Å². The molecule has 4 heterocycles. The first-order valence-electron chi connectivity index (χ1n) is 8.77. The Bertz CT molecular complexity index is 736. The molecule has 2 N–H and O–H groups in total. The van der Waals surface area contributed by atoms with Crippen molar-refractivity contribution in [1.29, 1.82) is 0 Å². The molecule has 1 saturated heterocycles. The number of nitrogens with zero attached hydrogens (tertiary/aromatic N) is 3. The van der Waals surface area contributed by atoms with E-state index in [2.05, 4.69) is 26.8 Å². The van der Waals surface area contributed by atoms with Crippen LogP contribution in [0.15, 0.2) is 18.7 Å². The van der Waals surface area contributed by atoms with E-state index in [1.54, 1.807) is 22.3 Å². The fourth-order valence-corrected chi connectivity index (χ4v) is 5.00. The summed E-state index contributed by atoms with van der Waals surface area (Å²) in [6, 6.07) is 2.04. The minimum absolute atomic E-state index is 0.0163. The van der Waals surface area contributed by atoms with E-state index in [9.17, 15) is 4.79 Å². The third-order valence-electron chi connectivity index (χ3n) is 4.91. The van der Waals surface area contributed by atoms with Crippen molar-refractivity contribution in [3.05, 3.63) is 34.0 Å². The number of fused-ring (bicyclic) bond motifs is 2. The van der Waals surface area contributed by atoms with E-state index in [4.69, 9.17) is 4.74 Å². The molecule has 2 aromatic rings. The number of amides is 1. The van der Waals surface area contributed by atoms with Crippen molar-refractivity contribution in [1.82, 2.24) is 25.4 Å². The number of hydrogen-bond acceptors (Lipinski definition) is 6. The van der Waals surface area contributed by atoms with E-state index in [-0.39, 0.29) is 17.6 Å². The average Bonchev–Trinajstić information content (AvgIpc) is 3.26. The highest BCUT2D eigenvalue weighted by atomic mass is 32.1. The van der Waals surface area contributed by atoms with E-state index in [0.717, 1.165) is 43.8 Å². The molecule has 134 valence electrons. The molecular weight excluding hydrogens is 338 g/mol. The van der Waals surface area contributed by atoms with Crippen LogP contribution >= 0.6 is 11.3 Å². The molecule has 7 nitrogen and oxygen atoms in total. The lowest BCUT2D eigenvalue weighted by atomic mass is 9.86. The fourth-order valence-electron chi connectivity index (χ4n) is 3.68. The molecule has 2 aliphatic heterocycles. The summed E-state index contributed by atoms with van der Waals surface area (Å²) >= 11 is 1.60. The lowest BCUT2D eigenvalue weighted by Gasteiger charge is -2.40. The maximum absolute atomic E-state index is 12.7. The second kappa shape index (κ2) is 6.86. The Labute approximate surface area is 150 Å². The van der Waals surface area contributed by atoms with Gasteiger partial charge in [-0.15, -0.1) is 11.3 Å². The first kappa shape index (κ1) is 16.7. The molecule has 0 aliphatic carbocycles. The number of hydrogen-bond donors (Lipinski definition) is 2. The monoisotopic (exact) mass is 361 g/mol. The predicted molar refractivity (Wildman–Crippen MR) is 94.7 cm³/mol. The van der Waals surface area contributed by atoms with Gasteiger partial charge < -0.3 is 15.4 Å². The lowest BCUT2D eigenvalue weighted by molar-refractivity contribution is -0.0771. The first-order chi connectivity index (χ1) is 12.2. The summed E-state index contributed by atoms with van der Waals surface area (Å²) in [5.41, 5.74) is 1.10. The average molecular weight is 361 g/mol. The molecule has 4 rings (SSSR count). The van der Waals surface area contributed by atoms with Gasteiger partial charge >= 0.3 is 0 Å². The number of rotatable bonds is 4. The number of carbonyl (C=O) groups is 1. The SMILES string of the molecule is CC(Cn1cncn1)NC(=O)c1cc2c(s1)C1(CCNCC1)OCC2. The molecule has 0 saturated carbocycles. The first-order valence-corrected chi connectivity index (χ1v) is 9.59. The highest BCUT2D eigenvalue weighted by Crippen LogP contribution is 2.44. The summed E-state index contributed by atoms with van der Waals surface area (Å²) < 4.78 is 7.92. The Balaban J connectivity index is 1.49. The summed E-state index contributed by atoms with van der Waals surface area (Å²) in [6.07, 6.45) is 6.00. The van der Waals surface area contributed by atoms with Crippen molar-refractivity contribution in [3.63, 3.8) is 0 Å². The van der Waals surface area contributed by atoms with Crippen LogP contribution in [-0.2, 0) is 23.3 Å². The molecule has 1 fully saturated rings. The zero-order valence-electron chi connectivity index (χ0n) is 14.3. The van der Waals surface area contributed by atoms with Gasteiger partial charge in [-0.25, -0.2) is 4.98 Å². The minimum atomic E-state index is -0.186. The van der Waals surface area contributed by atoms with Gasteiger partial charge in [-0.05, 0) is 50.9 Å². The van der Waals surface area contributed by atoms with Crippen LogP contribution in [0.4, 0.5) is 0 Å². The quantitative estimate of drug-likeness (QED) is 0.858. The van der Waals surface area contributed by atoms with Crippen molar-refractivity contribution in [2.24, 2.45) is 0 Å². The van der Waals surface area contributed by atoms with Gasteiger partial charge in [0.05, 0.1) is 18.0 Å². The molecule has 1 unspecified atom stereocenters. The smallest absolute Gasteiger partial charge is 0.261 e. The minimum Gasteiger partial charge on any atom is -0.369 e. The van der Waals surface area contributed by atoms with Crippen LogP contribution in [0.25, 0.3) is 0 Å². The maximum Gasteiger partial charge on any atom is 0.261 e. The highest BCUT2D eigenvalue weighted by Gasteiger charge is 2.41. The van der Waals surface area contributed by atoms with E-state index in [1.165, 1.54) is 16.8 Å². The lowest BCUT2D eigenvalue weighted by Crippen LogP contribution is -2.44. The zero-order valence-corrected chi connectivity index (χ0v) is 15.1. The third-order valence-corrected chi connectivity index (χ3v) is 6.27. The van der Waals surface area contributed by atoms with Crippen LogP contribution in [0.3, 0.4) is 0 Å². The number of carbonyl (C=O) groups excluding carboxylic acids is 1. The van der Waals surface area contributed by atoms with Crippen LogP contribution in [-0.4, -0.2) is 46.4 Å². The summed E-state index contributed by atoms with van der Waals surface area (Å²) in [7, 11) is 0. The Kier molecular flexibility index (Phi) is 4.58. The fraction of sp³-hybridized carbons (Fsp3) is 0.588. The van der Waals surface area contributed by atoms with Crippen LogP contribution in [0.2, 0.25) is 0 Å². The zero-order chi connectivity index (χ0) is 17.3. The Morgan fingerprint density at radius 2 is 2.36 bits per heavy atom. The van der Waals surface area contributed by atoms with Crippen molar-refractivity contribution in [2.45, 2.75) is 44.4 Å². The summed E-state index contributed by atoms with van der Waals surface area (Å²) in [6.45, 7) is 5.26. The van der Waals surface area contributed by atoms with Crippen molar-refractivity contribution < 1.29 is 9.53 Å². The van der Waals surface area contributed by atoms with E-state index in [1.807, 2.05) is 6.92 Å². The molecular formula is C17H23N5O2S. The Hall–Kier alpha value is -1.77. The largest absolute Gasteiger partial charge is 0.369 e. The topological polar surface area (TPSA) is 81.1 Å². The number of nitrogens with one attached hydrogen (secondary N) is 2. The molecule has 8 heteroatoms. The third kappa shape index (κ3) is 3.33. The molecule has 25 heavy (non-hydrogen) atoms. The maximum atomic E-state index is 12.7. The van der Waals surface area contributed by atoms with Crippen molar-refractivity contribution in [2.75, 3.05) is 19.7 Å². The molecule has 1 spiro atoms. The molecule has 0 radical (unpaired) electrons. The molecule has 1 amide bonds. The van der Waals surface area contributed by atoms with Gasteiger partial charge in [0.2, 0.25) is 0 Å². The second-order valence-electron chi connectivity index (χ2n) is 6.80. The van der Waals surface area contributed by atoms with Crippen LogP contribution in [0, 0.1) is 0 Å².